The minimum atomic E-state index is -3.76. The van der Waals surface area contributed by atoms with Gasteiger partial charge in [-0.05, 0) is 32.0 Å². The quantitative estimate of drug-likeness (QED) is 0.726. The van der Waals surface area contributed by atoms with Crippen molar-refractivity contribution in [2.75, 3.05) is 35.9 Å². The molecule has 8 nitrogen and oxygen atoms in total. The van der Waals surface area contributed by atoms with E-state index in [-0.39, 0.29) is 10.7 Å². The first-order valence-corrected chi connectivity index (χ1v) is 10.4. The molecule has 0 atom stereocenters. The van der Waals surface area contributed by atoms with Crippen molar-refractivity contribution in [1.82, 2.24) is 10.1 Å². The summed E-state index contributed by atoms with van der Waals surface area (Å²) in [4.78, 5) is 6.90. The van der Waals surface area contributed by atoms with E-state index in [0.29, 0.717) is 24.6 Å². The molecule has 1 aromatic carbocycles. The Morgan fingerprint density at radius 2 is 2.00 bits per heavy atom. The number of anilines is 2. The maximum absolute atomic E-state index is 12.6. The predicted octanol–water partition coefficient (Wildman–Crippen LogP) is 2.54. The Bertz CT molecular complexity index is 1030. The van der Waals surface area contributed by atoms with E-state index in [9.17, 15) is 8.42 Å². The normalized spacial score (nSPS) is 15.5. The first-order valence-electron chi connectivity index (χ1n) is 8.13. The summed E-state index contributed by atoms with van der Waals surface area (Å²) in [5, 5.41) is 4.64. The summed E-state index contributed by atoms with van der Waals surface area (Å²) in [6.45, 7) is 6.19. The maximum atomic E-state index is 12.6. The minimum Gasteiger partial charge on any atom is -0.378 e. The SMILES string of the molecule is Cc1noc(C)c1S(=O)(=O)Nc1ccc2nc(N3CCOCC3)sc2c1. The molecular formula is C16H18N4O4S2. The molecule has 26 heavy (non-hydrogen) atoms. The molecule has 3 heterocycles. The number of sulfonamides is 1. The molecule has 0 amide bonds. The monoisotopic (exact) mass is 394 g/mol. The van der Waals surface area contributed by atoms with E-state index >= 15 is 0 Å². The number of ether oxygens (including phenoxy) is 1. The summed E-state index contributed by atoms with van der Waals surface area (Å²) >= 11 is 1.54. The molecule has 0 unspecified atom stereocenters. The van der Waals surface area contributed by atoms with Gasteiger partial charge in [0.2, 0.25) is 0 Å². The molecular weight excluding hydrogens is 376 g/mol. The summed E-state index contributed by atoms with van der Waals surface area (Å²) in [5.41, 5.74) is 1.66. The number of benzene rings is 1. The van der Waals surface area contributed by atoms with Crippen molar-refractivity contribution in [3.8, 4) is 0 Å². The summed E-state index contributed by atoms with van der Waals surface area (Å²) in [7, 11) is -3.76. The van der Waals surface area contributed by atoms with Crippen LogP contribution in [0.5, 0.6) is 0 Å². The number of aromatic nitrogens is 2. The zero-order chi connectivity index (χ0) is 18.3. The number of hydrogen-bond donors (Lipinski definition) is 1. The largest absolute Gasteiger partial charge is 0.378 e. The van der Waals surface area contributed by atoms with Gasteiger partial charge in [0.1, 0.15) is 5.69 Å². The highest BCUT2D eigenvalue weighted by atomic mass is 32.2. The Labute approximate surface area is 154 Å². The van der Waals surface area contributed by atoms with Crippen LogP contribution in [0.25, 0.3) is 10.2 Å². The van der Waals surface area contributed by atoms with E-state index in [0.717, 1.165) is 28.4 Å². The molecule has 3 aromatic rings. The van der Waals surface area contributed by atoms with E-state index in [1.807, 2.05) is 6.07 Å². The van der Waals surface area contributed by atoms with Crippen molar-refractivity contribution in [3.63, 3.8) is 0 Å². The van der Waals surface area contributed by atoms with Crippen LogP contribution >= 0.6 is 11.3 Å². The minimum absolute atomic E-state index is 0.0795. The number of morpholine rings is 1. The molecule has 1 N–H and O–H groups in total. The predicted molar refractivity (Wildman–Crippen MR) is 99.4 cm³/mol. The fraction of sp³-hybridized carbons (Fsp3) is 0.375. The number of rotatable bonds is 4. The van der Waals surface area contributed by atoms with Crippen LogP contribution in [0.3, 0.4) is 0 Å². The van der Waals surface area contributed by atoms with E-state index in [4.69, 9.17) is 9.26 Å². The maximum Gasteiger partial charge on any atom is 0.267 e. The average molecular weight is 394 g/mol. The van der Waals surface area contributed by atoms with Crippen molar-refractivity contribution in [2.45, 2.75) is 18.7 Å². The zero-order valence-corrected chi connectivity index (χ0v) is 16.0. The van der Waals surface area contributed by atoms with Crippen LogP contribution in [0.15, 0.2) is 27.6 Å². The molecule has 0 saturated carbocycles. The first kappa shape index (κ1) is 17.3. The van der Waals surface area contributed by atoms with Crippen LogP contribution in [-0.4, -0.2) is 44.9 Å². The summed E-state index contributed by atoms with van der Waals surface area (Å²) in [6.07, 6.45) is 0. The Kier molecular flexibility index (Phi) is 4.33. The van der Waals surface area contributed by atoms with Gasteiger partial charge in [-0.3, -0.25) is 4.72 Å². The second-order valence-corrected chi connectivity index (χ2v) is 8.67. The standard InChI is InChI=1S/C16H18N4O4S2/c1-10-15(11(2)24-18-10)26(21,22)19-12-3-4-13-14(9-12)25-16(17-13)20-5-7-23-8-6-20/h3-4,9,19H,5-8H2,1-2H3. The zero-order valence-electron chi connectivity index (χ0n) is 14.4. The lowest BCUT2D eigenvalue weighted by molar-refractivity contribution is 0.122. The molecule has 1 aliphatic heterocycles. The molecule has 0 radical (unpaired) electrons. The molecule has 0 bridgehead atoms. The number of fused-ring (bicyclic) bond motifs is 1. The van der Waals surface area contributed by atoms with Crippen molar-refractivity contribution in [1.29, 1.82) is 0 Å². The third kappa shape index (κ3) is 3.15. The summed E-state index contributed by atoms with van der Waals surface area (Å²) < 4.78 is 39.2. The third-order valence-corrected chi connectivity index (χ3v) is 6.85. The second kappa shape index (κ2) is 6.53. The van der Waals surface area contributed by atoms with Gasteiger partial charge in [0.05, 0.1) is 29.1 Å². The summed E-state index contributed by atoms with van der Waals surface area (Å²) in [5.74, 6) is 0.267. The smallest absolute Gasteiger partial charge is 0.267 e. The summed E-state index contributed by atoms with van der Waals surface area (Å²) in [6, 6.07) is 5.33. The molecule has 138 valence electrons. The van der Waals surface area contributed by atoms with Gasteiger partial charge in [-0.15, -0.1) is 0 Å². The molecule has 1 aliphatic rings. The lowest BCUT2D eigenvalue weighted by atomic mass is 10.3. The second-order valence-electron chi connectivity index (χ2n) is 6.04. The van der Waals surface area contributed by atoms with Gasteiger partial charge in [0.15, 0.2) is 15.8 Å². The molecule has 1 saturated heterocycles. The Hall–Kier alpha value is -2.17. The van der Waals surface area contributed by atoms with Crippen LogP contribution in [0.2, 0.25) is 0 Å². The molecule has 0 aliphatic carbocycles. The van der Waals surface area contributed by atoms with Gasteiger partial charge < -0.3 is 14.2 Å². The van der Waals surface area contributed by atoms with E-state index in [1.165, 1.54) is 0 Å². The van der Waals surface area contributed by atoms with Crippen LogP contribution in [0, 0.1) is 13.8 Å². The number of thiazole rings is 1. The highest BCUT2D eigenvalue weighted by molar-refractivity contribution is 7.92. The van der Waals surface area contributed by atoms with Gasteiger partial charge in [-0.25, -0.2) is 13.4 Å². The van der Waals surface area contributed by atoms with Crippen LogP contribution in [0.4, 0.5) is 10.8 Å². The first-order chi connectivity index (χ1) is 12.4. The molecule has 2 aromatic heterocycles. The van der Waals surface area contributed by atoms with Crippen molar-refractivity contribution in [3.05, 3.63) is 29.7 Å². The Morgan fingerprint density at radius 3 is 2.69 bits per heavy atom. The van der Waals surface area contributed by atoms with Gasteiger partial charge in [0.25, 0.3) is 10.0 Å². The van der Waals surface area contributed by atoms with Crippen LogP contribution in [-0.2, 0) is 14.8 Å². The highest BCUT2D eigenvalue weighted by Crippen LogP contribution is 2.32. The topological polar surface area (TPSA) is 97.6 Å². The molecule has 0 spiro atoms. The fourth-order valence-electron chi connectivity index (χ4n) is 2.93. The average Bonchev–Trinajstić information content (AvgIpc) is 3.18. The highest BCUT2D eigenvalue weighted by Gasteiger charge is 2.24. The number of nitrogens with zero attached hydrogens (tertiary/aromatic N) is 3. The Morgan fingerprint density at radius 1 is 1.23 bits per heavy atom. The number of hydrogen-bond acceptors (Lipinski definition) is 8. The fourth-order valence-corrected chi connectivity index (χ4v) is 5.37. The van der Waals surface area contributed by atoms with E-state index in [2.05, 4.69) is 19.8 Å². The van der Waals surface area contributed by atoms with Crippen molar-refractivity contribution < 1.29 is 17.7 Å². The Balaban J connectivity index is 1.63. The van der Waals surface area contributed by atoms with Crippen molar-refractivity contribution >= 4 is 42.4 Å². The van der Waals surface area contributed by atoms with Gasteiger partial charge in [-0.1, -0.05) is 16.5 Å². The van der Waals surface area contributed by atoms with Crippen LogP contribution in [0.1, 0.15) is 11.5 Å². The molecule has 10 heteroatoms. The third-order valence-electron chi connectivity index (χ3n) is 4.15. The van der Waals surface area contributed by atoms with Crippen molar-refractivity contribution in [2.24, 2.45) is 0 Å². The van der Waals surface area contributed by atoms with Gasteiger partial charge in [-0.2, -0.15) is 0 Å². The number of aryl methyl sites for hydroxylation is 2. The number of nitrogens with one attached hydrogen (secondary N) is 1. The van der Waals surface area contributed by atoms with Gasteiger partial charge in [0, 0.05) is 13.1 Å². The van der Waals surface area contributed by atoms with Crippen LogP contribution < -0.4 is 9.62 Å². The van der Waals surface area contributed by atoms with E-state index < -0.39 is 10.0 Å². The molecule has 1 fully saturated rings. The lowest BCUT2D eigenvalue weighted by Gasteiger charge is -2.25. The molecule has 4 rings (SSSR count). The lowest BCUT2D eigenvalue weighted by Crippen LogP contribution is -2.36. The van der Waals surface area contributed by atoms with E-state index in [1.54, 1.807) is 37.3 Å². The van der Waals surface area contributed by atoms with Gasteiger partial charge >= 0.3 is 0 Å².